The standard InChI is InChI=1S/C20H37BN4O4/c1-18(2,3)27-17(26)24(9)12-11-23(8)14-16-15(13-22-25(16)10)21-28-19(4,5)20(6,7)29-21/h13H,11-12,14H2,1-10H3. The molecule has 1 fully saturated rings. The number of likely N-dealkylation sites (N-methyl/N-ethyl adjacent to an activating group) is 2. The molecule has 2 heterocycles. The predicted molar refractivity (Wildman–Crippen MR) is 114 cm³/mol. The molecule has 29 heavy (non-hydrogen) atoms. The minimum Gasteiger partial charge on any atom is -0.444 e. The normalized spacial score (nSPS) is 18.4. The first-order valence-corrected chi connectivity index (χ1v) is 10.1. The molecule has 0 bridgehead atoms. The van der Waals surface area contributed by atoms with Crippen molar-refractivity contribution in [1.29, 1.82) is 0 Å². The first kappa shape index (κ1) is 23.7. The van der Waals surface area contributed by atoms with Gasteiger partial charge in [0.1, 0.15) is 5.60 Å². The van der Waals surface area contributed by atoms with Gasteiger partial charge < -0.3 is 18.9 Å². The lowest BCUT2D eigenvalue weighted by Gasteiger charge is -2.32. The second-order valence-electron chi connectivity index (χ2n) is 9.90. The highest BCUT2D eigenvalue weighted by Gasteiger charge is 2.52. The van der Waals surface area contributed by atoms with Crippen molar-refractivity contribution < 1.29 is 18.8 Å². The van der Waals surface area contributed by atoms with Gasteiger partial charge in [0.25, 0.3) is 0 Å². The van der Waals surface area contributed by atoms with Gasteiger partial charge in [0.15, 0.2) is 0 Å². The molecule has 1 aromatic heterocycles. The van der Waals surface area contributed by atoms with Crippen LogP contribution in [0.3, 0.4) is 0 Å². The van der Waals surface area contributed by atoms with Gasteiger partial charge in [-0.25, -0.2) is 4.79 Å². The lowest BCUT2D eigenvalue weighted by molar-refractivity contribution is 0.00578. The Hall–Kier alpha value is -1.58. The molecule has 1 saturated heterocycles. The van der Waals surface area contributed by atoms with Crippen molar-refractivity contribution in [2.24, 2.45) is 7.05 Å². The lowest BCUT2D eigenvalue weighted by Crippen LogP contribution is -2.41. The van der Waals surface area contributed by atoms with Crippen LogP contribution in [0.2, 0.25) is 0 Å². The maximum atomic E-state index is 12.1. The molecule has 9 heteroatoms. The van der Waals surface area contributed by atoms with E-state index >= 15 is 0 Å². The first-order chi connectivity index (χ1) is 13.1. The zero-order valence-corrected chi connectivity index (χ0v) is 19.7. The SMILES string of the molecule is CN(CCN(C)C(=O)OC(C)(C)C)Cc1c(B2OC(C)(C)C(C)(C)O2)cnn1C. The summed E-state index contributed by atoms with van der Waals surface area (Å²) >= 11 is 0. The van der Waals surface area contributed by atoms with E-state index in [0.717, 1.165) is 11.2 Å². The van der Waals surface area contributed by atoms with Gasteiger partial charge in [-0.3, -0.25) is 9.58 Å². The summed E-state index contributed by atoms with van der Waals surface area (Å²) < 4.78 is 19.7. The maximum absolute atomic E-state index is 12.1. The number of aryl methyl sites for hydroxylation is 1. The zero-order valence-electron chi connectivity index (χ0n) is 19.7. The van der Waals surface area contributed by atoms with E-state index in [1.807, 2.05) is 73.4 Å². The van der Waals surface area contributed by atoms with E-state index in [9.17, 15) is 4.79 Å². The molecule has 0 atom stereocenters. The summed E-state index contributed by atoms with van der Waals surface area (Å²) in [4.78, 5) is 15.9. The van der Waals surface area contributed by atoms with Gasteiger partial charge in [0, 0.05) is 45.4 Å². The van der Waals surface area contributed by atoms with Crippen molar-refractivity contribution >= 4 is 18.7 Å². The van der Waals surface area contributed by atoms with Crippen molar-refractivity contribution in [3.8, 4) is 0 Å². The van der Waals surface area contributed by atoms with Crippen LogP contribution >= 0.6 is 0 Å². The van der Waals surface area contributed by atoms with Crippen LogP contribution < -0.4 is 5.46 Å². The Morgan fingerprint density at radius 3 is 2.24 bits per heavy atom. The highest BCUT2D eigenvalue weighted by Crippen LogP contribution is 2.36. The van der Waals surface area contributed by atoms with Gasteiger partial charge >= 0.3 is 13.2 Å². The number of amides is 1. The third kappa shape index (κ3) is 5.74. The van der Waals surface area contributed by atoms with Crippen LogP contribution in [0.5, 0.6) is 0 Å². The molecule has 0 unspecified atom stereocenters. The minimum atomic E-state index is -0.496. The predicted octanol–water partition coefficient (Wildman–Crippen LogP) is 2.02. The molecule has 1 aliphatic heterocycles. The molecule has 8 nitrogen and oxygen atoms in total. The fraction of sp³-hybridized carbons (Fsp3) is 0.800. The second kappa shape index (κ2) is 8.28. The molecular weight excluding hydrogens is 371 g/mol. The smallest absolute Gasteiger partial charge is 0.444 e. The van der Waals surface area contributed by atoms with E-state index < -0.39 is 23.9 Å². The van der Waals surface area contributed by atoms with Crippen molar-refractivity contribution in [2.45, 2.75) is 71.8 Å². The van der Waals surface area contributed by atoms with Crippen LogP contribution in [0, 0.1) is 0 Å². The van der Waals surface area contributed by atoms with E-state index in [1.165, 1.54) is 0 Å². The number of ether oxygens (including phenoxy) is 1. The molecule has 0 spiro atoms. The Bertz CT molecular complexity index is 711. The summed E-state index contributed by atoms with van der Waals surface area (Å²) in [6.07, 6.45) is 1.50. The molecule has 0 saturated carbocycles. The summed E-state index contributed by atoms with van der Waals surface area (Å²) in [7, 11) is 5.25. The van der Waals surface area contributed by atoms with Crippen LogP contribution in [0.25, 0.3) is 0 Å². The van der Waals surface area contributed by atoms with Crippen LogP contribution in [-0.4, -0.2) is 76.8 Å². The molecule has 164 valence electrons. The molecule has 0 aliphatic carbocycles. The Balaban J connectivity index is 1.99. The molecule has 0 aromatic carbocycles. The van der Waals surface area contributed by atoms with E-state index in [-0.39, 0.29) is 6.09 Å². The number of rotatable bonds is 6. The third-order valence-electron chi connectivity index (χ3n) is 5.54. The Morgan fingerprint density at radius 1 is 1.17 bits per heavy atom. The molecule has 2 rings (SSSR count). The van der Waals surface area contributed by atoms with Crippen LogP contribution in [0.15, 0.2) is 6.20 Å². The topological polar surface area (TPSA) is 69.1 Å². The number of hydrogen-bond acceptors (Lipinski definition) is 6. The quantitative estimate of drug-likeness (QED) is 0.671. The Kier molecular flexibility index (Phi) is 6.77. The van der Waals surface area contributed by atoms with Crippen molar-refractivity contribution in [3.05, 3.63) is 11.9 Å². The van der Waals surface area contributed by atoms with Crippen LogP contribution in [0.4, 0.5) is 4.79 Å². The molecule has 1 aliphatic rings. The first-order valence-electron chi connectivity index (χ1n) is 10.1. The van der Waals surface area contributed by atoms with Gasteiger partial charge in [-0.05, 0) is 55.5 Å². The molecule has 0 radical (unpaired) electrons. The highest BCUT2D eigenvalue weighted by atomic mass is 16.7. The average molecular weight is 408 g/mol. The van der Waals surface area contributed by atoms with Crippen LogP contribution in [-0.2, 0) is 27.6 Å². The molecule has 0 N–H and O–H groups in total. The zero-order chi connectivity index (χ0) is 22.2. The number of hydrogen-bond donors (Lipinski definition) is 0. The van der Waals surface area contributed by atoms with Gasteiger partial charge in [-0.15, -0.1) is 0 Å². The average Bonchev–Trinajstić information content (AvgIpc) is 3.00. The van der Waals surface area contributed by atoms with E-state index in [4.69, 9.17) is 14.0 Å². The van der Waals surface area contributed by atoms with Crippen molar-refractivity contribution in [3.63, 3.8) is 0 Å². The van der Waals surface area contributed by atoms with Gasteiger partial charge in [-0.1, -0.05) is 0 Å². The summed E-state index contributed by atoms with van der Waals surface area (Å²) in [5.74, 6) is 0. The third-order valence-corrected chi connectivity index (χ3v) is 5.54. The van der Waals surface area contributed by atoms with E-state index in [0.29, 0.717) is 19.6 Å². The van der Waals surface area contributed by atoms with Crippen molar-refractivity contribution in [2.75, 3.05) is 27.2 Å². The van der Waals surface area contributed by atoms with Crippen molar-refractivity contribution in [1.82, 2.24) is 19.6 Å². The monoisotopic (exact) mass is 408 g/mol. The molecule has 1 aromatic rings. The fourth-order valence-corrected chi connectivity index (χ4v) is 2.93. The largest absolute Gasteiger partial charge is 0.498 e. The number of carbonyl (C=O) groups excluding carboxylic acids is 1. The molecular formula is C20H37BN4O4. The number of nitrogens with zero attached hydrogens (tertiary/aromatic N) is 4. The summed E-state index contributed by atoms with van der Waals surface area (Å²) in [5.41, 5.74) is 0.688. The summed E-state index contributed by atoms with van der Waals surface area (Å²) in [5, 5.41) is 4.42. The van der Waals surface area contributed by atoms with Gasteiger partial charge in [0.05, 0.1) is 16.9 Å². The number of carbonyl (C=O) groups is 1. The maximum Gasteiger partial charge on any atom is 0.498 e. The van der Waals surface area contributed by atoms with E-state index in [2.05, 4.69) is 10.00 Å². The highest BCUT2D eigenvalue weighted by molar-refractivity contribution is 6.62. The van der Waals surface area contributed by atoms with E-state index in [1.54, 1.807) is 11.9 Å². The Morgan fingerprint density at radius 2 is 1.72 bits per heavy atom. The number of aromatic nitrogens is 2. The van der Waals surface area contributed by atoms with Gasteiger partial charge in [-0.2, -0.15) is 5.10 Å². The van der Waals surface area contributed by atoms with Gasteiger partial charge in [0.2, 0.25) is 0 Å². The Labute approximate surface area is 175 Å². The minimum absolute atomic E-state index is 0.315. The summed E-state index contributed by atoms with van der Waals surface area (Å²) in [6.45, 7) is 15.7. The fourth-order valence-electron chi connectivity index (χ4n) is 2.93. The summed E-state index contributed by atoms with van der Waals surface area (Å²) in [6, 6.07) is 0. The van der Waals surface area contributed by atoms with Crippen LogP contribution in [0.1, 0.15) is 54.2 Å². The second-order valence-corrected chi connectivity index (χ2v) is 9.90. The lowest BCUT2D eigenvalue weighted by atomic mass is 9.79. The molecule has 1 amide bonds.